The van der Waals surface area contributed by atoms with Gasteiger partial charge >= 0.3 is 5.97 Å². The second-order valence-electron chi connectivity index (χ2n) is 6.41. The number of ketones is 1. The molecule has 0 spiro atoms. The molecule has 0 heterocycles. The lowest BCUT2D eigenvalue weighted by Crippen LogP contribution is -2.20. The zero-order valence-corrected chi connectivity index (χ0v) is 15.2. The number of Topliss-reactive ketones (excluding diaryl/α,β-unsaturated/α-hetero) is 1. The number of benzene rings is 1. The number of hydrogen-bond donors (Lipinski definition) is 1. The van der Waals surface area contributed by atoms with Crippen molar-refractivity contribution < 1.29 is 19.5 Å². The SMILES string of the molecule is C[C@@H](CCC(=O)c1cccc(/C=C\CCCC(=O)N(C)C)c1)C(=O)O. The molecule has 0 aliphatic carbocycles. The molecule has 0 bridgehead atoms. The van der Waals surface area contributed by atoms with Crippen molar-refractivity contribution >= 4 is 23.7 Å². The van der Waals surface area contributed by atoms with Crippen LogP contribution in [0, 0.1) is 5.92 Å². The minimum atomic E-state index is -0.878. The van der Waals surface area contributed by atoms with Gasteiger partial charge in [-0.25, -0.2) is 0 Å². The molecule has 0 saturated heterocycles. The average molecular weight is 345 g/mol. The molecule has 5 heteroatoms. The molecule has 136 valence electrons. The summed E-state index contributed by atoms with van der Waals surface area (Å²) in [7, 11) is 3.50. The van der Waals surface area contributed by atoms with Gasteiger partial charge in [0.2, 0.25) is 5.91 Å². The summed E-state index contributed by atoms with van der Waals surface area (Å²) >= 11 is 0. The van der Waals surface area contributed by atoms with Gasteiger partial charge in [0.15, 0.2) is 5.78 Å². The summed E-state index contributed by atoms with van der Waals surface area (Å²) in [6, 6.07) is 7.30. The molecule has 1 rings (SSSR count). The zero-order chi connectivity index (χ0) is 18.8. The van der Waals surface area contributed by atoms with Gasteiger partial charge in [0.25, 0.3) is 0 Å². The molecule has 0 aromatic heterocycles. The second-order valence-corrected chi connectivity index (χ2v) is 6.41. The first-order chi connectivity index (χ1) is 11.8. The van der Waals surface area contributed by atoms with Gasteiger partial charge in [-0.2, -0.15) is 0 Å². The summed E-state index contributed by atoms with van der Waals surface area (Å²) in [6.07, 6.45) is 6.63. The van der Waals surface area contributed by atoms with Crippen LogP contribution in [-0.4, -0.2) is 41.8 Å². The van der Waals surface area contributed by atoms with Gasteiger partial charge in [-0.3, -0.25) is 14.4 Å². The lowest BCUT2D eigenvalue weighted by Gasteiger charge is -2.08. The topological polar surface area (TPSA) is 74.7 Å². The Kier molecular flexibility index (Phi) is 8.61. The number of carboxylic acid groups (broad SMARTS) is 1. The first-order valence-electron chi connectivity index (χ1n) is 8.54. The van der Waals surface area contributed by atoms with E-state index in [-0.39, 0.29) is 18.1 Å². The molecule has 1 amide bonds. The summed E-state index contributed by atoms with van der Waals surface area (Å²) in [4.78, 5) is 36.1. The van der Waals surface area contributed by atoms with Crippen LogP contribution in [0.15, 0.2) is 30.3 Å². The van der Waals surface area contributed by atoms with Gasteiger partial charge in [0.1, 0.15) is 0 Å². The number of carbonyl (C=O) groups excluding carboxylic acids is 2. The first kappa shape index (κ1) is 20.6. The predicted octanol–water partition coefficient (Wildman–Crippen LogP) is 3.64. The Morgan fingerprint density at radius 2 is 1.92 bits per heavy atom. The maximum atomic E-state index is 12.2. The quantitative estimate of drug-likeness (QED) is 0.519. The highest BCUT2D eigenvalue weighted by Crippen LogP contribution is 2.14. The van der Waals surface area contributed by atoms with Gasteiger partial charge in [-0.1, -0.05) is 37.3 Å². The van der Waals surface area contributed by atoms with E-state index in [1.54, 1.807) is 32.0 Å². The monoisotopic (exact) mass is 345 g/mol. The highest BCUT2D eigenvalue weighted by Gasteiger charge is 2.14. The van der Waals surface area contributed by atoms with Crippen LogP contribution < -0.4 is 0 Å². The molecule has 1 aromatic carbocycles. The third-order valence-electron chi connectivity index (χ3n) is 4.01. The van der Waals surface area contributed by atoms with Crippen molar-refractivity contribution in [3.8, 4) is 0 Å². The highest BCUT2D eigenvalue weighted by atomic mass is 16.4. The van der Waals surface area contributed by atoms with E-state index in [0.717, 1.165) is 18.4 Å². The number of carbonyl (C=O) groups is 3. The van der Waals surface area contributed by atoms with Crippen LogP contribution in [0.25, 0.3) is 6.08 Å². The van der Waals surface area contributed by atoms with E-state index >= 15 is 0 Å². The summed E-state index contributed by atoms with van der Waals surface area (Å²) in [6.45, 7) is 1.61. The van der Waals surface area contributed by atoms with Crippen LogP contribution in [-0.2, 0) is 9.59 Å². The average Bonchev–Trinajstić information content (AvgIpc) is 2.58. The smallest absolute Gasteiger partial charge is 0.306 e. The van der Waals surface area contributed by atoms with Gasteiger partial charge in [0.05, 0.1) is 5.92 Å². The molecular formula is C20H27NO4. The Labute approximate surface area is 149 Å². The van der Waals surface area contributed by atoms with Crippen molar-refractivity contribution in [2.75, 3.05) is 14.1 Å². The maximum absolute atomic E-state index is 12.2. The van der Waals surface area contributed by atoms with Crippen LogP contribution >= 0.6 is 0 Å². The molecule has 0 saturated carbocycles. The normalized spacial score (nSPS) is 12.1. The molecule has 1 atom stereocenters. The van der Waals surface area contributed by atoms with E-state index in [9.17, 15) is 14.4 Å². The Hall–Kier alpha value is -2.43. The lowest BCUT2D eigenvalue weighted by atomic mass is 9.99. The first-order valence-corrected chi connectivity index (χ1v) is 8.54. The molecule has 0 unspecified atom stereocenters. The molecule has 0 radical (unpaired) electrons. The van der Waals surface area contributed by atoms with Crippen LogP contribution in [0.4, 0.5) is 0 Å². The number of unbranched alkanes of at least 4 members (excludes halogenated alkanes) is 1. The van der Waals surface area contributed by atoms with E-state index in [4.69, 9.17) is 5.11 Å². The third kappa shape index (κ3) is 7.79. The van der Waals surface area contributed by atoms with Crippen LogP contribution in [0.1, 0.15) is 54.9 Å². The molecule has 0 aliphatic rings. The van der Waals surface area contributed by atoms with Crippen molar-refractivity contribution in [1.82, 2.24) is 4.90 Å². The highest BCUT2D eigenvalue weighted by molar-refractivity contribution is 5.96. The molecule has 1 aromatic rings. The fraction of sp³-hybridized carbons (Fsp3) is 0.450. The number of hydrogen-bond acceptors (Lipinski definition) is 3. The number of nitrogens with zero attached hydrogens (tertiary/aromatic N) is 1. The second kappa shape index (κ2) is 10.4. The third-order valence-corrected chi connectivity index (χ3v) is 4.01. The number of amides is 1. The molecule has 0 aliphatic heterocycles. The summed E-state index contributed by atoms with van der Waals surface area (Å²) < 4.78 is 0. The minimum absolute atomic E-state index is 0.0417. The fourth-order valence-electron chi connectivity index (χ4n) is 2.25. The molecule has 5 nitrogen and oxygen atoms in total. The van der Waals surface area contributed by atoms with Crippen molar-refractivity contribution in [2.45, 2.75) is 39.0 Å². The van der Waals surface area contributed by atoms with E-state index < -0.39 is 11.9 Å². The van der Waals surface area contributed by atoms with Gasteiger partial charge in [-0.05, 0) is 30.9 Å². The van der Waals surface area contributed by atoms with Crippen molar-refractivity contribution in [3.05, 3.63) is 41.5 Å². The minimum Gasteiger partial charge on any atom is -0.481 e. The number of allylic oxidation sites excluding steroid dienone is 1. The largest absolute Gasteiger partial charge is 0.481 e. The van der Waals surface area contributed by atoms with Gasteiger partial charge in [-0.15, -0.1) is 0 Å². The maximum Gasteiger partial charge on any atom is 0.306 e. The van der Waals surface area contributed by atoms with Crippen LogP contribution in [0.2, 0.25) is 0 Å². The van der Waals surface area contributed by atoms with Crippen LogP contribution in [0.5, 0.6) is 0 Å². The van der Waals surface area contributed by atoms with E-state index in [1.165, 1.54) is 0 Å². The molecule has 1 N–H and O–H groups in total. The fourth-order valence-corrected chi connectivity index (χ4v) is 2.25. The van der Waals surface area contributed by atoms with Gasteiger partial charge in [0, 0.05) is 32.5 Å². The van der Waals surface area contributed by atoms with Gasteiger partial charge < -0.3 is 10.0 Å². The Morgan fingerprint density at radius 3 is 2.56 bits per heavy atom. The Morgan fingerprint density at radius 1 is 1.20 bits per heavy atom. The Bertz CT molecular complexity index is 634. The number of rotatable bonds is 10. The van der Waals surface area contributed by atoms with Crippen LogP contribution in [0.3, 0.4) is 0 Å². The van der Waals surface area contributed by atoms with Crippen molar-refractivity contribution in [2.24, 2.45) is 5.92 Å². The Balaban J connectivity index is 2.51. The summed E-state index contributed by atoms with van der Waals surface area (Å²) in [5, 5.41) is 8.87. The number of aliphatic carboxylic acids is 1. The molecular weight excluding hydrogens is 318 g/mol. The summed E-state index contributed by atoms with van der Waals surface area (Å²) in [5.41, 5.74) is 1.53. The van der Waals surface area contributed by atoms with Crippen molar-refractivity contribution in [3.63, 3.8) is 0 Å². The molecule has 25 heavy (non-hydrogen) atoms. The number of carboxylic acids is 1. The zero-order valence-electron chi connectivity index (χ0n) is 15.2. The standard InChI is InChI=1S/C20H27NO4/c1-15(20(24)25)12-13-18(22)17-10-7-9-16(14-17)8-5-4-6-11-19(23)21(2)3/h5,7-10,14-15H,4,6,11-13H2,1-3H3,(H,24,25)/b8-5-/t15-/m0/s1. The van der Waals surface area contributed by atoms with Crippen molar-refractivity contribution in [1.29, 1.82) is 0 Å². The van der Waals surface area contributed by atoms with E-state index in [0.29, 0.717) is 18.4 Å². The molecule has 0 fully saturated rings. The van der Waals surface area contributed by atoms with E-state index in [1.807, 2.05) is 30.4 Å². The van der Waals surface area contributed by atoms with E-state index in [2.05, 4.69) is 0 Å². The lowest BCUT2D eigenvalue weighted by molar-refractivity contribution is -0.141. The summed E-state index contributed by atoms with van der Waals surface area (Å²) in [5.74, 6) is -1.31. The predicted molar refractivity (Wildman–Crippen MR) is 98.4 cm³/mol.